The van der Waals surface area contributed by atoms with E-state index in [9.17, 15) is 0 Å². The average molecular weight is 794 g/mol. The van der Waals surface area contributed by atoms with Crippen LogP contribution >= 0.6 is 0 Å². The Bertz CT molecular complexity index is 2730. The number of hydrogen-bond donors (Lipinski definition) is 0. The maximum atomic E-state index is 2.67. The van der Waals surface area contributed by atoms with Crippen LogP contribution in [-0.2, 0) is 5.41 Å². The monoisotopic (exact) mass is 793 g/mol. The summed E-state index contributed by atoms with van der Waals surface area (Å²) in [5.74, 6) is 0. The molecule has 0 radical (unpaired) electrons. The Kier molecular flexibility index (Phi) is 9.33. The van der Waals surface area contributed by atoms with Gasteiger partial charge in [0.05, 0.1) is 14.1 Å². The lowest BCUT2D eigenvalue weighted by Gasteiger charge is -2.46. The maximum Gasteiger partial charge on any atom is 0.252 e. The average Bonchev–Trinajstić information content (AvgIpc) is 3.27. The highest BCUT2D eigenvalue weighted by atomic mass is 28.3. The minimum Gasteiger partial charge on any atom is -0.335 e. The molecule has 7 aromatic carbocycles. The lowest BCUT2D eigenvalue weighted by molar-refractivity contribution is 0.590. The Hall–Kier alpha value is -6.30. The van der Waals surface area contributed by atoms with Crippen molar-refractivity contribution in [1.29, 1.82) is 0 Å². The van der Waals surface area contributed by atoms with Gasteiger partial charge >= 0.3 is 0 Å². The summed E-state index contributed by atoms with van der Waals surface area (Å²) in [6.45, 7) is 14.3. The van der Waals surface area contributed by atoms with E-state index in [2.05, 4.69) is 243 Å². The fourth-order valence-corrected chi connectivity index (χ4v) is 10.9. The van der Waals surface area contributed by atoms with E-state index in [1.165, 1.54) is 61.0 Å². The molecule has 2 heterocycles. The van der Waals surface area contributed by atoms with Gasteiger partial charge in [-0.3, -0.25) is 0 Å². The first-order valence-corrected chi connectivity index (χ1v) is 25.0. The molecule has 0 saturated heterocycles. The molecule has 0 aromatic heterocycles. The van der Waals surface area contributed by atoms with Crippen LogP contribution in [0.25, 0.3) is 11.1 Å². The summed E-state index contributed by atoms with van der Waals surface area (Å²) in [7, 11) is -1.46. The molecule has 2 aliphatic heterocycles. The van der Waals surface area contributed by atoms with E-state index >= 15 is 0 Å². The van der Waals surface area contributed by atoms with E-state index in [1.54, 1.807) is 0 Å². The van der Waals surface area contributed by atoms with E-state index in [4.69, 9.17) is 0 Å². The molecule has 0 spiro atoms. The van der Waals surface area contributed by atoms with Crippen LogP contribution in [0.1, 0.15) is 32.8 Å². The molecule has 10 rings (SSSR count). The lowest BCUT2D eigenvalue weighted by atomic mass is 9.33. The fourth-order valence-electron chi connectivity index (χ4n) is 9.60. The van der Waals surface area contributed by atoms with Crippen LogP contribution in [0, 0.1) is 0 Å². The normalized spacial score (nSPS) is 15.5. The van der Waals surface area contributed by atoms with Crippen LogP contribution in [0.15, 0.2) is 193 Å². The van der Waals surface area contributed by atoms with E-state index in [-0.39, 0.29) is 18.2 Å². The molecule has 0 N–H and O–H groups in total. The maximum absolute atomic E-state index is 2.67. The largest absolute Gasteiger partial charge is 0.335 e. The quantitative estimate of drug-likeness (QED) is 0.149. The van der Waals surface area contributed by atoms with Gasteiger partial charge in [-0.25, -0.2) is 0 Å². The minimum absolute atomic E-state index is 0.0475. The second-order valence-corrected chi connectivity index (χ2v) is 23.7. The first kappa shape index (κ1) is 37.9. The fraction of sp³-hybridized carbons (Fsp3) is 0.164. The van der Waals surface area contributed by atoms with Gasteiger partial charge in [0.15, 0.2) is 0 Å². The topological polar surface area (TPSA) is 9.72 Å². The molecule has 3 nitrogen and oxygen atoms in total. The Morgan fingerprint density at radius 1 is 0.567 bits per heavy atom. The number of anilines is 8. The molecule has 1 atom stereocenters. The highest BCUT2D eigenvalue weighted by molar-refractivity contribution is 7.00. The van der Waals surface area contributed by atoms with Gasteiger partial charge < -0.3 is 14.7 Å². The standard InChI is InChI=1S/C55H52BN3Si/c1-55(2,3)41-28-25-39(26-29-41)40-27-35-48-52(37-40)59(45-30-33-47(34-31-45)60(4,5)6)51-24-16-23-50-54(51)56(48)49-36-32-46(38-53(49)58(50)44-21-14-9-15-22-44)57(42-17-10-7-11-18-42)43-19-12-8-13-20-43/h7-30,32-38,45H,31H2,1-6H3. The molecule has 7 aromatic rings. The number of para-hydroxylation sites is 3. The molecular formula is C55H52BN3Si. The SMILES string of the molecule is CC(C)(C)c1ccc(-c2ccc3c(c2)N(C2C=CC([Si](C)(C)C)=CC2)c2cccc4c2B3c2ccc(N(c3ccccc3)c3ccccc3)cc2N4c2ccccc2)cc1. The van der Waals surface area contributed by atoms with Crippen LogP contribution in [0.2, 0.25) is 19.6 Å². The molecular weight excluding hydrogens is 742 g/mol. The molecule has 60 heavy (non-hydrogen) atoms. The summed E-state index contributed by atoms with van der Waals surface area (Å²) >= 11 is 0. The first-order chi connectivity index (χ1) is 29.0. The van der Waals surface area contributed by atoms with Gasteiger partial charge in [0.2, 0.25) is 0 Å². The van der Waals surface area contributed by atoms with Crippen molar-refractivity contribution in [3.8, 4) is 11.1 Å². The second-order valence-electron chi connectivity index (χ2n) is 18.6. The van der Waals surface area contributed by atoms with Gasteiger partial charge in [-0.2, -0.15) is 0 Å². The highest BCUT2D eigenvalue weighted by Crippen LogP contribution is 2.45. The van der Waals surface area contributed by atoms with Crippen molar-refractivity contribution in [2.24, 2.45) is 0 Å². The van der Waals surface area contributed by atoms with E-state index in [0.29, 0.717) is 0 Å². The number of allylic oxidation sites excluding steroid dienone is 2. The molecule has 5 heteroatoms. The number of fused-ring (bicyclic) bond motifs is 4. The van der Waals surface area contributed by atoms with Crippen LogP contribution < -0.4 is 31.1 Å². The summed E-state index contributed by atoms with van der Waals surface area (Å²) in [5.41, 5.74) is 17.5. The van der Waals surface area contributed by atoms with Crippen molar-refractivity contribution in [3.05, 3.63) is 199 Å². The van der Waals surface area contributed by atoms with Gasteiger partial charge in [-0.05, 0) is 112 Å². The number of hydrogen-bond acceptors (Lipinski definition) is 3. The Morgan fingerprint density at radius 2 is 1.17 bits per heavy atom. The van der Waals surface area contributed by atoms with Crippen molar-refractivity contribution >= 4 is 76.7 Å². The third-order valence-corrected chi connectivity index (χ3v) is 14.8. The van der Waals surface area contributed by atoms with E-state index in [1.807, 2.05) is 0 Å². The van der Waals surface area contributed by atoms with E-state index in [0.717, 1.165) is 29.2 Å². The number of nitrogens with zero attached hydrogens (tertiary/aromatic N) is 3. The zero-order valence-corrected chi connectivity index (χ0v) is 36.6. The third kappa shape index (κ3) is 6.62. The predicted octanol–water partition coefficient (Wildman–Crippen LogP) is 13.0. The molecule has 0 amide bonds. The smallest absolute Gasteiger partial charge is 0.252 e. The van der Waals surface area contributed by atoms with Crippen molar-refractivity contribution < 1.29 is 0 Å². The van der Waals surface area contributed by atoms with E-state index < -0.39 is 8.07 Å². The minimum atomic E-state index is -1.46. The van der Waals surface area contributed by atoms with Crippen LogP contribution in [0.3, 0.4) is 0 Å². The number of benzene rings is 7. The Labute approximate surface area is 358 Å². The molecule has 0 saturated carbocycles. The van der Waals surface area contributed by atoms with Gasteiger partial charge in [-0.15, -0.1) is 0 Å². The molecule has 3 aliphatic rings. The van der Waals surface area contributed by atoms with Gasteiger partial charge in [0.25, 0.3) is 6.71 Å². The Balaban J connectivity index is 1.19. The van der Waals surface area contributed by atoms with Crippen molar-refractivity contribution in [2.75, 3.05) is 14.7 Å². The van der Waals surface area contributed by atoms with Crippen molar-refractivity contribution in [1.82, 2.24) is 0 Å². The van der Waals surface area contributed by atoms with Gasteiger partial charge in [0, 0.05) is 45.5 Å². The van der Waals surface area contributed by atoms with Crippen LogP contribution in [-0.4, -0.2) is 20.8 Å². The van der Waals surface area contributed by atoms with Crippen LogP contribution in [0.4, 0.5) is 45.5 Å². The highest BCUT2D eigenvalue weighted by Gasteiger charge is 2.44. The molecule has 0 bridgehead atoms. The number of rotatable bonds is 7. The zero-order valence-electron chi connectivity index (χ0n) is 35.6. The lowest BCUT2D eigenvalue weighted by Crippen LogP contribution is -2.62. The molecule has 0 fully saturated rings. The summed E-state index contributed by atoms with van der Waals surface area (Å²) in [5, 5.41) is 1.54. The van der Waals surface area contributed by atoms with Crippen molar-refractivity contribution in [2.45, 2.75) is 58.3 Å². The Morgan fingerprint density at radius 3 is 1.78 bits per heavy atom. The molecule has 1 unspecified atom stereocenters. The third-order valence-electron chi connectivity index (χ3n) is 12.7. The van der Waals surface area contributed by atoms with Gasteiger partial charge in [0.1, 0.15) is 0 Å². The summed E-state index contributed by atoms with van der Waals surface area (Å²) < 4.78 is 0. The second kappa shape index (κ2) is 14.8. The predicted molar refractivity (Wildman–Crippen MR) is 262 cm³/mol. The molecule has 1 aliphatic carbocycles. The first-order valence-electron chi connectivity index (χ1n) is 21.5. The van der Waals surface area contributed by atoms with Gasteiger partial charge in [-0.1, -0.05) is 167 Å². The summed E-state index contributed by atoms with van der Waals surface area (Å²) in [4.78, 5) is 7.55. The summed E-state index contributed by atoms with van der Waals surface area (Å²) in [6, 6.07) is 63.3. The zero-order chi connectivity index (χ0) is 41.2. The van der Waals surface area contributed by atoms with Crippen molar-refractivity contribution in [3.63, 3.8) is 0 Å². The van der Waals surface area contributed by atoms with Crippen LogP contribution in [0.5, 0.6) is 0 Å². The summed E-state index contributed by atoms with van der Waals surface area (Å²) in [6.07, 6.45) is 8.44. The molecule has 294 valence electrons.